The minimum Gasteiger partial charge on any atom is -0.308 e. The number of nitrogens with zero attached hydrogens (tertiary/aromatic N) is 4. The van der Waals surface area contributed by atoms with Crippen LogP contribution in [0.1, 0.15) is 155 Å². The van der Waals surface area contributed by atoms with Crippen LogP contribution in [0, 0.1) is 0 Å². The lowest BCUT2D eigenvalue weighted by atomic mass is 9.72. The molecule has 12 rings (SSSR count). The number of hydrogen-bond acceptors (Lipinski definition) is 4. The van der Waals surface area contributed by atoms with Crippen molar-refractivity contribution in [3.63, 3.8) is 0 Å². The molecule has 0 saturated carbocycles. The summed E-state index contributed by atoms with van der Waals surface area (Å²) in [5.74, 6) is 0. The molecule has 0 bridgehead atoms. The summed E-state index contributed by atoms with van der Waals surface area (Å²) in [6, 6.07) is 69.6. The second-order valence-corrected chi connectivity index (χ2v) is 28.5. The summed E-state index contributed by atoms with van der Waals surface area (Å²) in [5.41, 5.74) is 27.7. The van der Waals surface area contributed by atoms with E-state index in [4.69, 9.17) is 9.97 Å². The Bertz CT molecular complexity index is 3600. The molecule has 3 heterocycles. The Labute approximate surface area is 489 Å². The number of rotatable bonds is 6. The molecule has 412 valence electrons. The van der Waals surface area contributed by atoms with Crippen LogP contribution in [0.3, 0.4) is 0 Å². The third-order valence-corrected chi connectivity index (χ3v) is 18.0. The highest BCUT2D eigenvalue weighted by Crippen LogP contribution is 2.58. The number of benzene rings is 9. The molecule has 4 nitrogen and oxygen atoms in total. The summed E-state index contributed by atoms with van der Waals surface area (Å²) in [6.45, 7) is 36.9. The molecule has 2 aliphatic rings. The van der Waals surface area contributed by atoms with E-state index in [0.717, 1.165) is 45.2 Å². The van der Waals surface area contributed by atoms with Gasteiger partial charge < -0.3 is 9.80 Å². The molecule has 0 radical (unpaired) electrons. The van der Waals surface area contributed by atoms with Crippen LogP contribution in [0.4, 0.5) is 34.1 Å². The Kier molecular flexibility index (Phi) is 12.8. The summed E-state index contributed by atoms with van der Waals surface area (Å²) in [6.07, 6.45) is 3.71. The van der Waals surface area contributed by atoms with Crippen molar-refractivity contribution in [2.75, 3.05) is 9.80 Å². The molecule has 82 heavy (non-hydrogen) atoms. The van der Waals surface area contributed by atoms with Crippen LogP contribution in [0.25, 0.3) is 55.5 Å². The van der Waals surface area contributed by atoms with Gasteiger partial charge in [0.25, 0.3) is 0 Å². The maximum absolute atomic E-state index is 5.35. The Hall–Kier alpha value is -8.08. The normalized spacial score (nSPS) is 14.7. The van der Waals surface area contributed by atoms with Crippen molar-refractivity contribution in [1.29, 1.82) is 0 Å². The zero-order valence-electron chi connectivity index (χ0n) is 51.3. The fraction of sp³-hybridized carbons (Fsp3) is 0.282. The maximum Gasteiger partial charge on any atom is 0.115 e. The molecule has 4 heteroatoms. The lowest BCUT2D eigenvalue weighted by molar-refractivity contribution is 0.590. The van der Waals surface area contributed by atoms with Crippen LogP contribution < -0.4 is 9.80 Å². The lowest BCUT2D eigenvalue weighted by Gasteiger charge is -2.44. The van der Waals surface area contributed by atoms with Crippen molar-refractivity contribution in [1.82, 2.24) is 9.97 Å². The molecule has 0 amide bonds. The van der Waals surface area contributed by atoms with E-state index in [1.165, 1.54) is 89.0 Å². The van der Waals surface area contributed by atoms with Gasteiger partial charge in [0.2, 0.25) is 0 Å². The van der Waals surface area contributed by atoms with Gasteiger partial charge in [-0.2, -0.15) is 0 Å². The third kappa shape index (κ3) is 9.42. The molecule has 9 aromatic carbocycles. The average molecular weight is 1070 g/mol. The van der Waals surface area contributed by atoms with Crippen molar-refractivity contribution in [2.24, 2.45) is 0 Å². The molecule has 0 atom stereocenters. The first kappa shape index (κ1) is 54.5. The van der Waals surface area contributed by atoms with E-state index < -0.39 is 0 Å². The number of fused-ring (bicyclic) bond motifs is 5. The molecule has 0 unspecified atom stereocenters. The summed E-state index contributed by atoms with van der Waals surface area (Å²) in [4.78, 5) is 15.6. The van der Waals surface area contributed by atoms with Gasteiger partial charge in [-0.05, 0) is 171 Å². The quantitative estimate of drug-likeness (QED) is 0.166. The predicted octanol–water partition coefficient (Wildman–Crippen LogP) is 21.7. The molecule has 0 aliphatic carbocycles. The third-order valence-electron chi connectivity index (χ3n) is 18.0. The number of hydrogen-bond donors (Lipinski definition) is 0. The first-order chi connectivity index (χ1) is 38.7. The van der Waals surface area contributed by atoms with Gasteiger partial charge in [-0.1, -0.05) is 232 Å². The fourth-order valence-corrected chi connectivity index (χ4v) is 12.8. The zero-order valence-corrected chi connectivity index (χ0v) is 51.3. The molecule has 0 spiro atoms. The predicted molar refractivity (Wildman–Crippen MR) is 350 cm³/mol. The first-order valence-corrected chi connectivity index (χ1v) is 29.5. The average Bonchev–Trinajstić information content (AvgIpc) is 1.57. The van der Waals surface area contributed by atoms with Gasteiger partial charge in [0.05, 0.1) is 34.1 Å². The number of anilines is 6. The first-order valence-electron chi connectivity index (χ1n) is 29.5. The Morgan fingerprint density at radius 2 is 0.451 bits per heavy atom. The SMILES string of the molecule is CC(C)(C)c1ccc(-c2ccc3c(c2)C(C)(C)c2cc(-c4ccc(C(C)(C)C)cc4)ccc2N3c2ccc(N3c4ccc(-c5ccc(C(C)(C)C)cc5)cc4C(C)(C)c4cc(-c5ccc(C(C)(C)C)cc5)ccc43)c3nccnc23)cc1. The highest BCUT2D eigenvalue weighted by Gasteiger charge is 2.41. The van der Waals surface area contributed by atoms with Crippen molar-refractivity contribution >= 4 is 45.2 Å². The van der Waals surface area contributed by atoms with Crippen LogP contribution in [0.5, 0.6) is 0 Å². The van der Waals surface area contributed by atoms with Gasteiger partial charge in [-0.15, -0.1) is 0 Å². The smallest absolute Gasteiger partial charge is 0.115 e. The second-order valence-electron chi connectivity index (χ2n) is 28.5. The summed E-state index contributed by atoms with van der Waals surface area (Å²) in [5, 5.41) is 0. The van der Waals surface area contributed by atoms with Crippen molar-refractivity contribution in [3.8, 4) is 44.5 Å². The standard InChI is InChI=1S/C78H80N4/c1-73(2,3)57-29-17-49(18-30-57)53-25-37-65-61(45-53)77(13,14)62-46-54(50-19-31-58(32-20-50)74(4,5)6)26-38-66(62)81(65)69-41-42-70(72-71(69)79-43-44-80-72)82-67-39-27-55(51-21-33-59(34-22-51)75(7,8)9)47-63(67)78(15,16)64-48-56(28-40-68(64)82)52-23-35-60(36-24-52)76(10,11)12/h17-48H,1-16H3. The largest absolute Gasteiger partial charge is 0.308 e. The molecule has 2 aliphatic heterocycles. The highest BCUT2D eigenvalue weighted by atomic mass is 15.2. The van der Waals surface area contributed by atoms with Gasteiger partial charge in [0.1, 0.15) is 11.0 Å². The van der Waals surface area contributed by atoms with Gasteiger partial charge in [0.15, 0.2) is 0 Å². The minimum absolute atomic E-state index is 0.0652. The lowest BCUT2D eigenvalue weighted by Crippen LogP contribution is -2.31. The summed E-state index contributed by atoms with van der Waals surface area (Å²) in [7, 11) is 0. The second kappa shape index (κ2) is 19.3. The molecule has 0 N–H and O–H groups in total. The van der Waals surface area contributed by atoms with E-state index in [9.17, 15) is 0 Å². The topological polar surface area (TPSA) is 32.3 Å². The van der Waals surface area contributed by atoms with Crippen LogP contribution in [-0.4, -0.2) is 9.97 Å². The van der Waals surface area contributed by atoms with E-state index in [-0.39, 0.29) is 32.5 Å². The maximum atomic E-state index is 5.35. The van der Waals surface area contributed by atoms with Crippen molar-refractivity contribution < 1.29 is 0 Å². The van der Waals surface area contributed by atoms with E-state index in [2.05, 4.69) is 303 Å². The van der Waals surface area contributed by atoms with E-state index in [0.29, 0.717) is 0 Å². The fourth-order valence-electron chi connectivity index (χ4n) is 12.8. The van der Waals surface area contributed by atoms with Crippen LogP contribution in [-0.2, 0) is 32.5 Å². The monoisotopic (exact) mass is 1070 g/mol. The molecule has 0 fully saturated rings. The van der Waals surface area contributed by atoms with Gasteiger partial charge in [-0.25, -0.2) is 0 Å². The summed E-state index contributed by atoms with van der Waals surface area (Å²) < 4.78 is 0. The Balaban J connectivity index is 1.05. The Morgan fingerprint density at radius 1 is 0.256 bits per heavy atom. The van der Waals surface area contributed by atoms with Gasteiger partial charge >= 0.3 is 0 Å². The molecule has 10 aromatic rings. The van der Waals surface area contributed by atoms with Crippen LogP contribution >= 0.6 is 0 Å². The Morgan fingerprint density at radius 3 is 0.659 bits per heavy atom. The van der Waals surface area contributed by atoms with Crippen LogP contribution in [0.2, 0.25) is 0 Å². The highest BCUT2D eigenvalue weighted by molar-refractivity contribution is 6.06. The van der Waals surface area contributed by atoms with Crippen molar-refractivity contribution in [2.45, 2.75) is 143 Å². The zero-order chi connectivity index (χ0) is 58.1. The van der Waals surface area contributed by atoms with Gasteiger partial charge in [0, 0.05) is 23.2 Å². The summed E-state index contributed by atoms with van der Waals surface area (Å²) >= 11 is 0. The molecular formula is C78H80N4. The molecular weight excluding hydrogens is 993 g/mol. The number of aromatic nitrogens is 2. The van der Waals surface area contributed by atoms with Crippen LogP contribution in [0.15, 0.2) is 194 Å². The molecule has 0 saturated heterocycles. The van der Waals surface area contributed by atoms with E-state index >= 15 is 0 Å². The van der Waals surface area contributed by atoms with E-state index in [1.807, 2.05) is 12.4 Å². The van der Waals surface area contributed by atoms with Gasteiger partial charge in [-0.3, -0.25) is 9.97 Å². The van der Waals surface area contributed by atoms with Crippen molar-refractivity contribution in [3.05, 3.63) is 239 Å². The minimum atomic E-state index is -0.361. The molecule has 1 aromatic heterocycles. The van der Waals surface area contributed by atoms with E-state index in [1.54, 1.807) is 0 Å².